The fourth-order valence-corrected chi connectivity index (χ4v) is 3.95. The highest BCUT2D eigenvalue weighted by molar-refractivity contribution is 6.10. The molecule has 184 valence electrons. The molecule has 0 aliphatic carbocycles. The molecule has 1 unspecified atom stereocenters. The Morgan fingerprint density at radius 2 is 1.74 bits per heavy atom. The zero-order valence-corrected chi connectivity index (χ0v) is 20.8. The first-order chi connectivity index (χ1) is 16.9. The van der Waals surface area contributed by atoms with Gasteiger partial charge in [-0.25, -0.2) is 0 Å². The number of carboxylic acid groups (broad SMARTS) is 1. The normalized spacial score (nSPS) is 11.6. The van der Waals surface area contributed by atoms with Crippen LogP contribution in [0.4, 0.5) is 0 Å². The van der Waals surface area contributed by atoms with Gasteiger partial charge in [0.2, 0.25) is 0 Å². The third-order valence-corrected chi connectivity index (χ3v) is 5.91. The molecule has 1 atom stereocenters. The van der Waals surface area contributed by atoms with Crippen LogP contribution >= 0.6 is 0 Å². The van der Waals surface area contributed by atoms with Crippen LogP contribution in [0.2, 0.25) is 0 Å². The van der Waals surface area contributed by atoms with Gasteiger partial charge in [0.1, 0.15) is 11.5 Å². The van der Waals surface area contributed by atoms with E-state index >= 15 is 0 Å². The van der Waals surface area contributed by atoms with E-state index in [2.05, 4.69) is 6.92 Å². The van der Waals surface area contributed by atoms with Gasteiger partial charge in [0.25, 0.3) is 0 Å². The fraction of sp³-hybridized carbons (Fsp3) is 0.333. The van der Waals surface area contributed by atoms with Gasteiger partial charge in [0, 0.05) is 18.4 Å². The first-order valence-electron chi connectivity index (χ1n) is 12.2. The van der Waals surface area contributed by atoms with Crippen molar-refractivity contribution < 1.29 is 24.2 Å². The van der Waals surface area contributed by atoms with Gasteiger partial charge >= 0.3 is 5.97 Å². The van der Waals surface area contributed by atoms with Crippen LogP contribution in [0.3, 0.4) is 0 Å². The standard InChI is InChI=1S/C30H34O5/c1-4-8-23-11-15-28(27(20-23)30(33)25-9-6-5-7-10-25)35-22(3)17-18-34-26-14-12-24(21(2)19-26)13-16-29(31)32/h5-7,9-12,14-15,19-20,22H,4,8,13,16-18H2,1-3H3,(H,31,32). The van der Waals surface area contributed by atoms with Gasteiger partial charge in [-0.1, -0.05) is 55.8 Å². The number of benzene rings is 3. The predicted molar refractivity (Wildman–Crippen MR) is 138 cm³/mol. The lowest BCUT2D eigenvalue weighted by molar-refractivity contribution is -0.136. The molecule has 0 fully saturated rings. The van der Waals surface area contributed by atoms with Gasteiger partial charge in [0.05, 0.1) is 18.3 Å². The molecule has 0 saturated heterocycles. The molecule has 0 amide bonds. The Balaban J connectivity index is 1.62. The Morgan fingerprint density at radius 1 is 0.971 bits per heavy atom. The first-order valence-corrected chi connectivity index (χ1v) is 12.2. The van der Waals surface area contributed by atoms with Crippen LogP contribution < -0.4 is 9.47 Å². The minimum absolute atomic E-state index is 0.0412. The summed E-state index contributed by atoms with van der Waals surface area (Å²) >= 11 is 0. The molecule has 35 heavy (non-hydrogen) atoms. The molecule has 0 spiro atoms. The van der Waals surface area contributed by atoms with Crippen molar-refractivity contribution in [1.29, 1.82) is 0 Å². The van der Waals surface area contributed by atoms with E-state index in [1.165, 1.54) is 0 Å². The molecule has 3 aromatic carbocycles. The van der Waals surface area contributed by atoms with Crippen molar-refractivity contribution in [2.75, 3.05) is 6.61 Å². The van der Waals surface area contributed by atoms with Crippen LogP contribution in [-0.4, -0.2) is 29.6 Å². The molecule has 1 N–H and O–H groups in total. The van der Waals surface area contributed by atoms with Crippen molar-refractivity contribution in [1.82, 2.24) is 0 Å². The van der Waals surface area contributed by atoms with Crippen molar-refractivity contribution in [2.45, 2.75) is 59.0 Å². The summed E-state index contributed by atoms with van der Waals surface area (Å²) in [6, 6.07) is 20.9. The molecule has 0 aromatic heterocycles. The minimum atomic E-state index is -0.799. The molecular weight excluding hydrogens is 440 g/mol. The molecule has 5 nitrogen and oxygen atoms in total. The molecule has 0 bridgehead atoms. The molecule has 5 heteroatoms. The van der Waals surface area contributed by atoms with Crippen LogP contribution in [0, 0.1) is 6.92 Å². The number of ether oxygens (including phenoxy) is 2. The van der Waals surface area contributed by atoms with Crippen molar-refractivity contribution in [3.05, 3.63) is 94.5 Å². The minimum Gasteiger partial charge on any atom is -0.493 e. The average Bonchev–Trinajstić information content (AvgIpc) is 2.84. The smallest absolute Gasteiger partial charge is 0.303 e. The summed E-state index contributed by atoms with van der Waals surface area (Å²) < 4.78 is 12.1. The zero-order valence-electron chi connectivity index (χ0n) is 20.8. The van der Waals surface area contributed by atoms with E-state index < -0.39 is 5.97 Å². The van der Waals surface area contributed by atoms with Crippen LogP contribution in [-0.2, 0) is 17.6 Å². The lowest BCUT2D eigenvalue weighted by Crippen LogP contribution is -2.18. The summed E-state index contributed by atoms with van der Waals surface area (Å²) in [7, 11) is 0. The maximum absolute atomic E-state index is 13.2. The Morgan fingerprint density at radius 3 is 2.43 bits per heavy atom. The molecule has 0 aliphatic heterocycles. The number of hydrogen-bond acceptors (Lipinski definition) is 4. The Hall–Kier alpha value is -3.60. The second-order valence-corrected chi connectivity index (χ2v) is 8.82. The van der Waals surface area contributed by atoms with Crippen molar-refractivity contribution >= 4 is 11.8 Å². The Bertz CT molecular complexity index is 1140. The number of aliphatic carboxylic acids is 1. The van der Waals surface area contributed by atoms with Gasteiger partial charge in [-0.05, 0) is 67.6 Å². The van der Waals surface area contributed by atoms with Gasteiger partial charge in [-0.3, -0.25) is 9.59 Å². The topological polar surface area (TPSA) is 72.8 Å². The Kier molecular flexibility index (Phi) is 9.47. The largest absolute Gasteiger partial charge is 0.493 e. The number of aryl methyl sites for hydroxylation is 3. The Labute approximate surface area is 207 Å². The highest BCUT2D eigenvalue weighted by atomic mass is 16.5. The van der Waals surface area contributed by atoms with E-state index in [0.29, 0.717) is 36.3 Å². The van der Waals surface area contributed by atoms with Gasteiger partial charge < -0.3 is 14.6 Å². The van der Waals surface area contributed by atoms with E-state index in [4.69, 9.17) is 14.6 Å². The van der Waals surface area contributed by atoms with Crippen LogP contribution in [0.1, 0.15) is 65.7 Å². The van der Waals surface area contributed by atoms with E-state index in [-0.39, 0.29) is 18.3 Å². The summed E-state index contributed by atoms with van der Waals surface area (Å²) in [5.74, 6) is 0.496. The average molecular weight is 475 g/mol. The van der Waals surface area contributed by atoms with E-state index in [9.17, 15) is 9.59 Å². The lowest BCUT2D eigenvalue weighted by Gasteiger charge is -2.18. The fourth-order valence-electron chi connectivity index (χ4n) is 3.95. The SMILES string of the molecule is CCCc1ccc(OC(C)CCOc2ccc(CCC(=O)O)c(C)c2)c(C(=O)c2ccccc2)c1. The summed E-state index contributed by atoms with van der Waals surface area (Å²) in [5.41, 5.74) is 4.38. The van der Waals surface area contributed by atoms with E-state index in [0.717, 1.165) is 35.3 Å². The summed E-state index contributed by atoms with van der Waals surface area (Å²) in [5, 5.41) is 8.88. The van der Waals surface area contributed by atoms with Crippen molar-refractivity contribution in [3.63, 3.8) is 0 Å². The number of ketones is 1. The maximum atomic E-state index is 13.2. The highest BCUT2D eigenvalue weighted by Gasteiger charge is 2.17. The van der Waals surface area contributed by atoms with Crippen LogP contribution in [0.25, 0.3) is 0 Å². The third-order valence-electron chi connectivity index (χ3n) is 5.91. The monoisotopic (exact) mass is 474 g/mol. The van der Waals surface area contributed by atoms with Gasteiger partial charge in [0.15, 0.2) is 5.78 Å². The van der Waals surface area contributed by atoms with E-state index in [1.807, 2.05) is 80.6 Å². The number of carbonyl (C=O) groups is 2. The van der Waals surface area contributed by atoms with Crippen LogP contribution in [0.15, 0.2) is 66.7 Å². The van der Waals surface area contributed by atoms with Crippen LogP contribution in [0.5, 0.6) is 11.5 Å². The number of carboxylic acids is 1. The van der Waals surface area contributed by atoms with Gasteiger partial charge in [-0.2, -0.15) is 0 Å². The molecule has 0 heterocycles. The zero-order chi connectivity index (χ0) is 25.2. The second kappa shape index (κ2) is 12.7. The second-order valence-electron chi connectivity index (χ2n) is 8.82. The maximum Gasteiger partial charge on any atom is 0.303 e. The molecule has 3 aromatic rings. The molecule has 0 aliphatic rings. The summed E-state index contributed by atoms with van der Waals surface area (Å²) in [6.45, 7) is 6.52. The third kappa shape index (κ3) is 7.71. The van der Waals surface area contributed by atoms with E-state index in [1.54, 1.807) is 0 Å². The molecule has 0 saturated carbocycles. The first kappa shape index (κ1) is 26.0. The number of rotatable bonds is 13. The van der Waals surface area contributed by atoms with Gasteiger partial charge in [-0.15, -0.1) is 0 Å². The number of hydrogen-bond donors (Lipinski definition) is 1. The van der Waals surface area contributed by atoms with Crippen molar-refractivity contribution in [2.24, 2.45) is 0 Å². The molecular formula is C30H34O5. The number of carbonyl (C=O) groups excluding carboxylic acids is 1. The summed E-state index contributed by atoms with van der Waals surface area (Å²) in [6.07, 6.45) is 3.04. The summed E-state index contributed by atoms with van der Waals surface area (Å²) in [4.78, 5) is 24.0. The quantitative estimate of drug-likeness (QED) is 0.289. The van der Waals surface area contributed by atoms with Crippen molar-refractivity contribution in [3.8, 4) is 11.5 Å². The lowest BCUT2D eigenvalue weighted by atomic mass is 9.98. The predicted octanol–water partition coefficient (Wildman–Crippen LogP) is 6.43. The highest BCUT2D eigenvalue weighted by Crippen LogP contribution is 2.26. The molecule has 3 rings (SSSR count). The molecule has 0 radical (unpaired) electrons.